The lowest BCUT2D eigenvalue weighted by Gasteiger charge is -2.12. The van der Waals surface area contributed by atoms with Crippen LogP contribution < -0.4 is 0 Å². The Balaban J connectivity index is 1.93. The molecule has 3 heterocycles. The molecule has 0 radical (unpaired) electrons. The van der Waals surface area contributed by atoms with Gasteiger partial charge in [0.05, 0.1) is 23.1 Å². The van der Waals surface area contributed by atoms with Crippen molar-refractivity contribution >= 4 is 46.1 Å². The lowest BCUT2D eigenvalue weighted by atomic mass is 10.0. The van der Waals surface area contributed by atoms with Crippen LogP contribution in [0.1, 0.15) is 28.1 Å². The molecule has 6 heteroatoms. The van der Waals surface area contributed by atoms with E-state index in [0.717, 1.165) is 34.5 Å². The van der Waals surface area contributed by atoms with Crippen LogP contribution in [0.3, 0.4) is 0 Å². The molecular formula is C20H13N3S3. The maximum absolute atomic E-state index is 9.81. The van der Waals surface area contributed by atoms with Gasteiger partial charge < -0.3 is 0 Å². The second-order valence-corrected chi connectivity index (χ2v) is 8.61. The van der Waals surface area contributed by atoms with E-state index in [4.69, 9.17) is 10.2 Å². The molecule has 26 heavy (non-hydrogen) atoms. The number of nitriles is 2. The van der Waals surface area contributed by atoms with Gasteiger partial charge in [-0.2, -0.15) is 10.5 Å². The van der Waals surface area contributed by atoms with E-state index in [1.807, 2.05) is 17.5 Å². The van der Waals surface area contributed by atoms with Gasteiger partial charge in [0.15, 0.2) is 0 Å². The maximum atomic E-state index is 9.81. The van der Waals surface area contributed by atoms with E-state index in [0.29, 0.717) is 10.6 Å². The summed E-state index contributed by atoms with van der Waals surface area (Å²) in [4.78, 5) is 7.13. The zero-order chi connectivity index (χ0) is 17.9. The molecule has 0 fully saturated rings. The lowest BCUT2D eigenvalue weighted by molar-refractivity contribution is 1.05. The fourth-order valence-electron chi connectivity index (χ4n) is 3.18. The number of thiophene rings is 2. The number of hydrogen-bond donors (Lipinski definition) is 0. The van der Waals surface area contributed by atoms with E-state index in [-0.39, 0.29) is 5.75 Å². The molecule has 1 aliphatic carbocycles. The zero-order valence-electron chi connectivity index (χ0n) is 13.7. The predicted molar refractivity (Wildman–Crippen MR) is 109 cm³/mol. The highest BCUT2D eigenvalue weighted by Gasteiger charge is 2.27. The first-order valence-corrected chi connectivity index (χ1v) is 10.8. The van der Waals surface area contributed by atoms with Crippen LogP contribution >= 0.6 is 34.4 Å². The predicted octanol–water partition coefficient (Wildman–Crippen LogP) is 5.85. The first kappa shape index (κ1) is 17.1. The summed E-state index contributed by atoms with van der Waals surface area (Å²) < 4.78 is 0. The summed E-state index contributed by atoms with van der Waals surface area (Å²) in [6.07, 6.45) is 4.02. The van der Waals surface area contributed by atoms with Gasteiger partial charge in [0.2, 0.25) is 0 Å². The van der Waals surface area contributed by atoms with E-state index in [9.17, 15) is 5.26 Å². The van der Waals surface area contributed by atoms with Crippen molar-refractivity contribution in [3.05, 3.63) is 56.7 Å². The lowest BCUT2D eigenvalue weighted by Crippen LogP contribution is -2.00. The summed E-state index contributed by atoms with van der Waals surface area (Å²) in [7, 11) is 0. The summed E-state index contributed by atoms with van der Waals surface area (Å²) in [5.41, 5.74) is 4.96. The van der Waals surface area contributed by atoms with Crippen molar-refractivity contribution in [3.63, 3.8) is 0 Å². The molecule has 0 spiro atoms. The molecule has 3 nitrogen and oxygen atoms in total. The third-order valence-electron chi connectivity index (χ3n) is 4.23. The standard InChI is InChI=1S/C20H13N3S3/c21-7-10-26-20-16(12-22)18(17-4-2-9-25-17)15-6-5-13(19(15)23-20)11-14-3-1-8-24-14/h1-4,8-9,11H,5-6,10H2/b13-11+. The average Bonchev–Trinajstić information content (AvgIpc) is 3.41. The average molecular weight is 392 g/mol. The molecule has 4 rings (SSSR count). The molecule has 0 bridgehead atoms. The van der Waals surface area contributed by atoms with Gasteiger partial charge in [0, 0.05) is 15.3 Å². The van der Waals surface area contributed by atoms with Gasteiger partial charge in [-0.05, 0) is 52.9 Å². The van der Waals surface area contributed by atoms with Crippen LogP contribution in [0.25, 0.3) is 22.1 Å². The van der Waals surface area contributed by atoms with Crippen molar-refractivity contribution < 1.29 is 0 Å². The fraction of sp³-hybridized carbons (Fsp3) is 0.150. The monoisotopic (exact) mass is 391 g/mol. The van der Waals surface area contributed by atoms with E-state index in [1.165, 1.54) is 22.2 Å². The SMILES string of the molecule is N#CCSc1nc2c(c(-c3cccs3)c1C#N)CC/C2=C\c1cccs1. The molecule has 0 N–H and O–H groups in total. The van der Waals surface area contributed by atoms with Crippen LogP contribution in [0.5, 0.6) is 0 Å². The molecule has 0 aromatic carbocycles. The van der Waals surface area contributed by atoms with Crippen LogP contribution in [-0.2, 0) is 6.42 Å². The minimum atomic E-state index is 0.286. The number of nitrogens with zero attached hydrogens (tertiary/aromatic N) is 3. The zero-order valence-corrected chi connectivity index (χ0v) is 16.2. The molecule has 3 aromatic heterocycles. The number of rotatable bonds is 4. The number of aromatic nitrogens is 1. The van der Waals surface area contributed by atoms with E-state index in [2.05, 4.69) is 35.7 Å². The van der Waals surface area contributed by atoms with Gasteiger partial charge in [-0.15, -0.1) is 22.7 Å². The number of hydrogen-bond acceptors (Lipinski definition) is 6. The highest BCUT2D eigenvalue weighted by Crippen LogP contribution is 2.44. The number of allylic oxidation sites excluding steroid dienone is 1. The molecule has 0 saturated carbocycles. The second-order valence-electron chi connectivity index (χ2n) is 5.72. The molecule has 0 saturated heterocycles. The Hall–Kier alpha value is -2.38. The molecule has 126 valence electrons. The Bertz CT molecular complexity index is 1050. The van der Waals surface area contributed by atoms with Gasteiger partial charge in [-0.25, -0.2) is 4.98 Å². The molecule has 1 aliphatic rings. The van der Waals surface area contributed by atoms with Gasteiger partial charge in [-0.1, -0.05) is 23.9 Å². The Kier molecular flexibility index (Phi) is 4.90. The summed E-state index contributed by atoms with van der Waals surface area (Å²) in [6, 6.07) is 12.7. The van der Waals surface area contributed by atoms with E-state index in [1.54, 1.807) is 22.7 Å². The Morgan fingerprint density at radius 1 is 1.15 bits per heavy atom. The highest BCUT2D eigenvalue weighted by molar-refractivity contribution is 7.99. The summed E-state index contributed by atoms with van der Waals surface area (Å²) >= 11 is 4.69. The van der Waals surface area contributed by atoms with Gasteiger partial charge in [0.1, 0.15) is 11.1 Å². The largest absolute Gasteiger partial charge is 0.240 e. The summed E-state index contributed by atoms with van der Waals surface area (Å²) in [5, 5.41) is 23.5. The van der Waals surface area contributed by atoms with Crippen molar-refractivity contribution in [2.45, 2.75) is 17.9 Å². The van der Waals surface area contributed by atoms with Crippen LogP contribution in [0.15, 0.2) is 40.1 Å². The quantitative estimate of drug-likeness (QED) is 0.524. The van der Waals surface area contributed by atoms with Crippen molar-refractivity contribution in [1.29, 1.82) is 10.5 Å². The van der Waals surface area contributed by atoms with Gasteiger partial charge >= 0.3 is 0 Å². The van der Waals surface area contributed by atoms with Gasteiger partial charge in [-0.3, -0.25) is 0 Å². The molecule has 0 amide bonds. The Labute approximate surface area is 164 Å². The van der Waals surface area contributed by atoms with Crippen LogP contribution in [0.4, 0.5) is 0 Å². The van der Waals surface area contributed by atoms with Gasteiger partial charge in [0.25, 0.3) is 0 Å². The number of pyridine rings is 1. The Morgan fingerprint density at radius 2 is 2.00 bits per heavy atom. The first-order valence-electron chi connectivity index (χ1n) is 8.07. The van der Waals surface area contributed by atoms with E-state index < -0.39 is 0 Å². The van der Waals surface area contributed by atoms with Crippen molar-refractivity contribution in [3.8, 4) is 22.6 Å². The number of thioether (sulfide) groups is 1. The highest BCUT2D eigenvalue weighted by atomic mass is 32.2. The molecule has 0 atom stereocenters. The van der Waals surface area contributed by atoms with Crippen LogP contribution in [-0.4, -0.2) is 10.7 Å². The van der Waals surface area contributed by atoms with Crippen molar-refractivity contribution in [1.82, 2.24) is 4.98 Å². The second kappa shape index (κ2) is 7.47. The van der Waals surface area contributed by atoms with Crippen LogP contribution in [0, 0.1) is 22.7 Å². The fourth-order valence-corrected chi connectivity index (χ4v) is 5.31. The minimum Gasteiger partial charge on any atom is -0.240 e. The minimum absolute atomic E-state index is 0.286. The third kappa shape index (κ3) is 3.08. The van der Waals surface area contributed by atoms with E-state index >= 15 is 0 Å². The first-order chi connectivity index (χ1) is 12.8. The normalized spacial score (nSPS) is 14.2. The third-order valence-corrected chi connectivity index (χ3v) is 6.77. The molecule has 0 aliphatic heterocycles. The molecule has 0 unspecified atom stereocenters. The Morgan fingerprint density at radius 3 is 2.69 bits per heavy atom. The van der Waals surface area contributed by atoms with Crippen LogP contribution in [0.2, 0.25) is 0 Å². The molecule has 3 aromatic rings. The number of fused-ring (bicyclic) bond motifs is 1. The smallest absolute Gasteiger partial charge is 0.116 e. The van der Waals surface area contributed by atoms with Crippen molar-refractivity contribution in [2.24, 2.45) is 0 Å². The summed E-state index contributed by atoms with van der Waals surface area (Å²) in [6.45, 7) is 0. The summed E-state index contributed by atoms with van der Waals surface area (Å²) in [5.74, 6) is 0.286. The van der Waals surface area contributed by atoms with Crippen molar-refractivity contribution in [2.75, 3.05) is 5.75 Å². The maximum Gasteiger partial charge on any atom is 0.116 e. The topological polar surface area (TPSA) is 60.5 Å². The molecular weight excluding hydrogens is 378 g/mol.